The second-order valence-corrected chi connectivity index (χ2v) is 11.3. The normalized spacial score (nSPS) is 19.6. The maximum absolute atomic E-state index is 12.9. The summed E-state index contributed by atoms with van der Waals surface area (Å²) in [6.07, 6.45) is 4.36. The van der Waals surface area contributed by atoms with Gasteiger partial charge >= 0.3 is 0 Å². The number of benzene rings is 1. The molecule has 1 aromatic carbocycles. The lowest BCUT2D eigenvalue weighted by Crippen LogP contribution is -2.40. The van der Waals surface area contributed by atoms with Crippen molar-refractivity contribution in [1.82, 2.24) is 14.7 Å². The van der Waals surface area contributed by atoms with Gasteiger partial charge in [-0.15, -0.1) is 0 Å². The lowest BCUT2D eigenvalue weighted by Gasteiger charge is -2.30. The molecule has 8 heteroatoms. The summed E-state index contributed by atoms with van der Waals surface area (Å²) in [7, 11) is 0.396. The lowest BCUT2D eigenvalue weighted by atomic mass is 9.82. The Bertz CT molecular complexity index is 1010. The predicted molar refractivity (Wildman–Crippen MR) is 131 cm³/mol. The fourth-order valence-corrected chi connectivity index (χ4v) is 5.30. The molecule has 176 valence electrons. The van der Waals surface area contributed by atoms with Gasteiger partial charge in [-0.05, 0) is 62.1 Å². The van der Waals surface area contributed by atoms with E-state index in [1.165, 1.54) is 0 Å². The highest BCUT2D eigenvalue weighted by atomic mass is 32.2. The molecule has 3 rings (SSSR count). The van der Waals surface area contributed by atoms with Crippen LogP contribution < -0.4 is 14.9 Å². The Morgan fingerprint density at radius 3 is 2.19 bits per heavy atom. The van der Waals surface area contributed by atoms with Gasteiger partial charge < -0.3 is 10.2 Å². The number of rotatable bonds is 8. The smallest absolute Gasteiger partial charge is 0.240 e. The number of nitrogens with zero attached hydrogens (tertiary/aromatic N) is 3. The molecular weight excluding hydrogens is 422 g/mol. The molecule has 1 aromatic heterocycles. The van der Waals surface area contributed by atoms with E-state index < -0.39 is 10.0 Å². The van der Waals surface area contributed by atoms with Crippen LogP contribution >= 0.6 is 0 Å². The molecular formula is C24H37N5O2S. The fourth-order valence-electron chi connectivity index (χ4n) is 4.00. The first-order valence-corrected chi connectivity index (χ1v) is 12.9. The molecule has 0 saturated heterocycles. The molecule has 32 heavy (non-hydrogen) atoms. The zero-order valence-corrected chi connectivity index (χ0v) is 21.0. The van der Waals surface area contributed by atoms with Crippen molar-refractivity contribution in [3.8, 4) is 0 Å². The molecule has 2 N–H and O–H groups in total. The molecule has 1 saturated carbocycles. The van der Waals surface area contributed by atoms with Crippen LogP contribution in [-0.2, 0) is 15.4 Å². The summed E-state index contributed by atoms with van der Waals surface area (Å²) in [6.45, 7) is 8.38. The predicted octanol–water partition coefficient (Wildman–Crippen LogP) is 4.24. The standard InChI is InChI=1S/C24H37N5O2S/c1-7-24(3,4)18-8-14-21(15-9-18)32(30,31)28-20-12-10-19(11-13-20)27-22-16-23(29(5)6)26-17(2)25-22/h8-9,14-16,19-20,28H,7,10-13H2,1-6H3,(H,25,26,27). The van der Waals surface area contributed by atoms with Crippen LogP contribution in [0.25, 0.3) is 0 Å². The summed E-state index contributed by atoms with van der Waals surface area (Å²) in [4.78, 5) is 11.2. The van der Waals surface area contributed by atoms with Crippen LogP contribution in [0.15, 0.2) is 35.2 Å². The highest BCUT2D eigenvalue weighted by molar-refractivity contribution is 7.89. The van der Waals surface area contributed by atoms with E-state index in [-0.39, 0.29) is 17.5 Å². The fraction of sp³-hybridized carbons (Fsp3) is 0.583. The van der Waals surface area contributed by atoms with Crippen molar-refractivity contribution < 1.29 is 8.42 Å². The van der Waals surface area contributed by atoms with E-state index in [0.29, 0.717) is 4.90 Å². The van der Waals surface area contributed by atoms with Crippen molar-refractivity contribution in [1.29, 1.82) is 0 Å². The van der Waals surface area contributed by atoms with E-state index in [9.17, 15) is 8.42 Å². The minimum absolute atomic E-state index is 0.0383. The Morgan fingerprint density at radius 1 is 1.03 bits per heavy atom. The number of aryl methyl sites for hydroxylation is 1. The third-order valence-electron chi connectivity index (χ3n) is 6.51. The van der Waals surface area contributed by atoms with Gasteiger partial charge in [-0.3, -0.25) is 0 Å². The second-order valence-electron chi connectivity index (χ2n) is 9.63. The molecule has 0 radical (unpaired) electrons. The van der Waals surface area contributed by atoms with Crippen LogP contribution in [0.2, 0.25) is 0 Å². The van der Waals surface area contributed by atoms with E-state index in [0.717, 1.165) is 55.1 Å². The van der Waals surface area contributed by atoms with Crippen LogP contribution in [0.3, 0.4) is 0 Å². The van der Waals surface area contributed by atoms with Crippen molar-refractivity contribution in [3.05, 3.63) is 41.7 Å². The van der Waals surface area contributed by atoms with Crippen molar-refractivity contribution in [3.63, 3.8) is 0 Å². The maximum atomic E-state index is 12.9. The first-order valence-electron chi connectivity index (χ1n) is 11.4. The van der Waals surface area contributed by atoms with Crippen molar-refractivity contribution in [2.75, 3.05) is 24.3 Å². The quantitative estimate of drug-likeness (QED) is 0.614. The minimum atomic E-state index is -3.52. The number of anilines is 2. The first-order chi connectivity index (χ1) is 15.0. The Morgan fingerprint density at radius 2 is 1.62 bits per heavy atom. The number of hydrogen-bond donors (Lipinski definition) is 2. The molecule has 0 spiro atoms. The summed E-state index contributed by atoms with van der Waals surface area (Å²) in [5.74, 6) is 2.42. The van der Waals surface area contributed by atoms with E-state index in [1.807, 2.05) is 44.1 Å². The Kier molecular flexibility index (Phi) is 7.45. The Hall–Kier alpha value is -2.19. The zero-order chi connectivity index (χ0) is 23.5. The third-order valence-corrected chi connectivity index (χ3v) is 8.05. The van der Waals surface area contributed by atoms with E-state index in [4.69, 9.17) is 0 Å². The average molecular weight is 460 g/mol. The van der Waals surface area contributed by atoms with Gasteiger partial charge in [0.15, 0.2) is 0 Å². The van der Waals surface area contributed by atoms with E-state index >= 15 is 0 Å². The van der Waals surface area contributed by atoms with Gasteiger partial charge in [0, 0.05) is 32.2 Å². The molecule has 1 aliphatic carbocycles. The van der Waals surface area contributed by atoms with Crippen LogP contribution in [0.5, 0.6) is 0 Å². The molecule has 7 nitrogen and oxygen atoms in total. The summed E-state index contributed by atoms with van der Waals surface area (Å²) in [5.41, 5.74) is 1.19. The van der Waals surface area contributed by atoms with Crippen LogP contribution in [-0.4, -0.2) is 44.6 Å². The maximum Gasteiger partial charge on any atom is 0.240 e. The Labute approximate surface area is 193 Å². The van der Waals surface area contributed by atoms with Gasteiger partial charge in [-0.2, -0.15) is 0 Å². The summed E-state index contributed by atoms with van der Waals surface area (Å²) < 4.78 is 28.7. The number of nitrogens with one attached hydrogen (secondary N) is 2. The first kappa shape index (κ1) is 24.5. The van der Waals surface area contributed by atoms with Crippen molar-refractivity contribution >= 4 is 21.7 Å². The largest absolute Gasteiger partial charge is 0.367 e. The van der Waals surface area contributed by atoms with Gasteiger partial charge in [0.25, 0.3) is 0 Å². The van der Waals surface area contributed by atoms with Gasteiger partial charge in [0.2, 0.25) is 10.0 Å². The summed E-state index contributed by atoms with van der Waals surface area (Å²) >= 11 is 0. The number of sulfonamides is 1. The second kappa shape index (κ2) is 9.75. The number of aromatic nitrogens is 2. The summed E-state index contributed by atoms with van der Waals surface area (Å²) in [6, 6.07) is 9.50. The molecule has 0 amide bonds. The molecule has 0 bridgehead atoms. The number of hydrogen-bond acceptors (Lipinski definition) is 6. The van der Waals surface area contributed by atoms with Gasteiger partial charge in [0.1, 0.15) is 17.5 Å². The van der Waals surface area contributed by atoms with Gasteiger partial charge in [-0.1, -0.05) is 32.9 Å². The summed E-state index contributed by atoms with van der Waals surface area (Å²) in [5, 5.41) is 3.50. The van der Waals surface area contributed by atoms with Crippen molar-refractivity contribution in [2.24, 2.45) is 0 Å². The molecule has 0 unspecified atom stereocenters. The van der Waals surface area contributed by atoms with E-state index in [1.54, 1.807) is 12.1 Å². The van der Waals surface area contributed by atoms with Crippen LogP contribution in [0.1, 0.15) is 64.3 Å². The zero-order valence-electron chi connectivity index (χ0n) is 20.1. The highest BCUT2D eigenvalue weighted by Gasteiger charge is 2.27. The SMILES string of the molecule is CCC(C)(C)c1ccc(S(=O)(=O)NC2CCC(Nc3cc(N(C)C)nc(C)n3)CC2)cc1. The molecule has 0 atom stereocenters. The van der Waals surface area contributed by atoms with E-state index in [2.05, 4.69) is 40.8 Å². The Balaban J connectivity index is 1.57. The van der Waals surface area contributed by atoms with Crippen LogP contribution in [0.4, 0.5) is 11.6 Å². The topological polar surface area (TPSA) is 87.2 Å². The molecule has 1 fully saturated rings. The van der Waals surface area contributed by atoms with Crippen LogP contribution in [0, 0.1) is 6.92 Å². The minimum Gasteiger partial charge on any atom is -0.367 e. The molecule has 0 aliphatic heterocycles. The molecule has 2 aromatic rings. The van der Waals surface area contributed by atoms with Gasteiger partial charge in [0.05, 0.1) is 4.90 Å². The highest BCUT2D eigenvalue weighted by Crippen LogP contribution is 2.28. The molecule has 1 aliphatic rings. The average Bonchev–Trinajstić information content (AvgIpc) is 2.74. The third kappa shape index (κ3) is 5.98. The lowest BCUT2D eigenvalue weighted by molar-refractivity contribution is 0.387. The van der Waals surface area contributed by atoms with Gasteiger partial charge in [-0.25, -0.2) is 23.1 Å². The van der Waals surface area contributed by atoms with Crippen molar-refractivity contribution in [2.45, 2.75) is 82.2 Å². The monoisotopic (exact) mass is 459 g/mol. The molecule has 1 heterocycles.